The van der Waals surface area contributed by atoms with Crippen LogP contribution < -0.4 is 5.73 Å². The highest BCUT2D eigenvalue weighted by molar-refractivity contribution is 5.77. The molecule has 122 valence electrons. The van der Waals surface area contributed by atoms with Gasteiger partial charge < -0.3 is 5.73 Å². The monoisotopic (exact) mass is 312 g/mol. The second-order valence-corrected chi connectivity index (χ2v) is 6.59. The van der Waals surface area contributed by atoms with Crippen molar-refractivity contribution >= 4 is 5.91 Å². The second-order valence-electron chi connectivity index (χ2n) is 6.59. The first-order chi connectivity index (χ1) is 11.0. The van der Waals surface area contributed by atoms with Crippen molar-refractivity contribution in [2.24, 2.45) is 11.7 Å². The Morgan fingerprint density at radius 2 is 2.09 bits per heavy atom. The van der Waals surface area contributed by atoms with E-state index in [0.717, 1.165) is 42.8 Å². The van der Waals surface area contributed by atoms with Gasteiger partial charge in [0.15, 0.2) is 0 Å². The van der Waals surface area contributed by atoms with Crippen molar-refractivity contribution in [3.8, 4) is 11.3 Å². The van der Waals surface area contributed by atoms with Crippen LogP contribution in [0.25, 0.3) is 11.3 Å². The lowest BCUT2D eigenvalue weighted by atomic mass is 9.92. The summed E-state index contributed by atoms with van der Waals surface area (Å²) in [6, 6.07) is 8.88. The fourth-order valence-electron chi connectivity index (χ4n) is 3.25. The lowest BCUT2D eigenvalue weighted by molar-refractivity contribution is -0.124. The zero-order valence-electron chi connectivity index (χ0n) is 13.7. The van der Waals surface area contributed by atoms with Gasteiger partial charge in [-0.3, -0.25) is 14.8 Å². The van der Waals surface area contributed by atoms with Gasteiger partial charge in [-0.15, -0.1) is 0 Å². The van der Waals surface area contributed by atoms with E-state index in [1.54, 1.807) is 0 Å². The number of nitrogens with one attached hydrogen (secondary N) is 1. The van der Waals surface area contributed by atoms with Gasteiger partial charge in [-0.2, -0.15) is 5.10 Å². The number of likely N-dealkylation sites (tertiary alicyclic amines) is 1. The van der Waals surface area contributed by atoms with Crippen molar-refractivity contribution in [1.29, 1.82) is 0 Å². The summed E-state index contributed by atoms with van der Waals surface area (Å²) in [5.74, 6) is -0.228. The summed E-state index contributed by atoms with van der Waals surface area (Å²) in [7, 11) is 0. The van der Waals surface area contributed by atoms with Crippen molar-refractivity contribution in [1.82, 2.24) is 15.1 Å². The number of carbonyl (C=O) groups excluding carboxylic acids is 1. The number of rotatable bonds is 4. The highest BCUT2D eigenvalue weighted by Crippen LogP contribution is 2.27. The van der Waals surface area contributed by atoms with Crippen LogP contribution in [0.1, 0.15) is 30.9 Å². The average molecular weight is 312 g/mol. The maximum Gasteiger partial charge on any atom is 0.221 e. The molecule has 1 saturated heterocycles. The largest absolute Gasteiger partial charge is 0.369 e. The van der Waals surface area contributed by atoms with Crippen LogP contribution in [0, 0.1) is 12.8 Å². The molecule has 0 saturated carbocycles. The Labute approximate surface area is 136 Å². The molecule has 2 atom stereocenters. The van der Waals surface area contributed by atoms with E-state index >= 15 is 0 Å². The Kier molecular flexibility index (Phi) is 4.48. The number of H-pyrrole nitrogens is 1. The molecule has 1 aromatic heterocycles. The smallest absolute Gasteiger partial charge is 0.221 e. The minimum atomic E-state index is -0.187. The molecule has 3 N–H and O–H groups in total. The molecule has 5 nitrogen and oxygen atoms in total. The molecule has 3 rings (SSSR count). The first-order valence-electron chi connectivity index (χ1n) is 8.17. The number of amides is 1. The van der Waals surface area contributed by atoms with E-state index in [-0.39, 0.29) is 11.8 Å². The normalized spacial score (nSPS) is 22.2. The standard InChI is InChI=1S/C18H24N4O/c1-12-3-6-14(7-4-12)17-16(9-20-21-17)11-22-10-15(18(19)23)8-5-13(22)2/h3-4,6-7,9,13,15H,5,8,10-11H2,1-2H3,(H2,19,23)(H,20,21)/t13-,15-/m1/s1. The van der Waals surface area contributed by atoms with E-state index in [2.05, 4.69) is 53.2 Å². The molecule has 0 unspecified atom stereocenters. The van der Waals surface area contributed by atoms with Gasteiger partial charge in [0.1, 0.15) is 0 Å². The summed E-state index contributed by atoms with van der Waals surface area (Å²) < 4.78 is 0. The van der Waals surface area contributed by atoms with Crippen LogP contribution in [0.2, 0.25) is 0 Å². The Morgan fingerprint density at radius 1 is 1.35 bits per heavy atom. The predicted molar refractivity (Wildman–Crippen MR) is 90.6 cm³/mol. The molecule has 0 spiro atoms. The van der Waals surface area contributed by atoms with Crippen molar-refractivity contribution in [2.75, 3.05) is 6.54 Å². The molecule has 1 amide bonds. The van der Waals surface area contributed by atoms with Crippen LogP contribution in [0.4, 0.5) is 0 Å². The third-order valence-corrected chi connectivity index (χ3v) is 4.85. The number of benzene rings is 1. The minimum Gasteiger partial charge on any atom is -0.369 e. The number of nitrogens with two attached hydrogens (primary N) is 1. The first-order valence-corrected chi connectivity index (χ1v) is 8.17. The summed E-state index contributed by atoms with van der Waals surface area (Å²) in [6.07, 6.45) is 3.78. The van der Waals surface area contributed by atoms with Gasteiger partial charge >= 0.3 is 0 Å². The molecule has 2 aromatic rings. The van der Waals surface area contributed by atoms with Crippen LogP contribution in [0.3, 0.4) is 0 Å². The number of primary amides is 1. The highest BCUT2D eigenvalue weighted by Gasteiger charge is 2.29. The van der Waals surface area contributed by atoms with E-state index < -0.39 is 0 Å². The van der Waals surface area contributed by atoms with Crippen molar-refractivity contribution in [3.63, 3.8) is 0 Å². The SMILES string of the molecule is Cc1ccc(-c2[nH]ncc2CN2C[C@H](C(N)=O)CC[C@H]2C)cc1. The number of nitrogens with zero attached hydrogens (tertiary/aromatic N) is 2. The van der Waals surface area contributed by atoms with Crippen molar-refractivity contribution in [3.05, 3.63) is 41.6 Å². The van der Waals surface area contributed by atoms with E-state index in [1.807, 2.05) is 6.20 Å². The van der Waals surface area contributed by atoms with Crippen LogP contribution in [-0.2, 0) is 11.3 Å². The number of hydrogen-bond acceptors (Lipinski definition) is 3. The third kappa shape index (κ3) is 3.45. The molecule has 0 aliphatic carbocycles. The number of aromatic nitrogens is 2. The van der Waals surface area contributed by atoms with Gasteiger partial charge in [-0.05, 0) is 32.3 Å². The summed E-state index contributed by atoms with van der Waals surface area (Å²) in [5, 5.41) is 7.33. The molecular weight excluding hydrogens is 288 g/mol. The van der Waals surface area contributed by atoms with Gasteiger partial charge in [0.2, 0.25) is 5.91 Å². The third-order valence-electron chi connectivity index (χ3n) is 4.85. The van der Waals surface area contributed by atoms with Gasteiger partial charge in [-0.25, -0.2) is 0 Å². The maximum absolute atomic E-state index is 11.5. The van der Waals surface area contributed by atoms with Crippen LogP contribution in [0.5, 0.6) is 0 Å². The highest BCUT2D eigenvalue weighted by atomic mass is 16.1. The molecule has 1 aromatic carbocycles. The Balaban J connectivity index is 1.79. The molecule has 0 radical (unpaired) electrons. The molecule has 5 heteroatoms. The van der Waals surface area contributed by atoms with E-state index in [0.29, 0.717) is 6.04 Å². The topological polar surface area (TPSA) is 75.0 Å². The fraction of sp³-hybridized carbons (Fsp3) is 0.444. The molecular formula is C18H24N4O. The number of aromatic amines is 1. The Hall–Kier alpha value is -2.14. The number of aryl methyl sites for hydroxylation is 1. The number of hydrogen-bond donors (Lipinski definition) is 2. The zero-order valence-corrected chi connectivity index (χ0v) is 13.7. The fourth-order valence-corrected chi connectivity index (χ4v) is 3.25. The summed E-state index contributed by atoms with van der Waals surface area (Å²) in [4.78, 5) is 13.8. The van der Waals surface area contributed by atoms with Crippen LogP contribution in [0.15, 0.2) is 30.5 Å². The molecule has 23 heavy (non-hydrogen) atoms. The quantitative estimate of drug-likeness (QED) is 0.910. The van der Waals surface area contributed by atoms with Gasteiger partial charge in [0.25, 0.3) is 0 Å². The maximum atomic E-state index is 11.5. The minimum absolute atomic E-state index is 0.0408. The Morgan fingerprint density at radius 3 is 2.78 bits per heavy atom. The molecule has 0 bridgehead atoms. The Bertz CT molecular complexity index is 677. The summed E-state index contributed by atoms with van der Waals surface area (Å²) >= 11 is 0. The molecule has 2 heterocycles. The second kappa shape index (κ2) is 6.54. The molecule has 1 aliphatic rings. The van der Waals surface area contributed by atoms with Crippen molar-refractivity contribution in [2.45, 2.75) is 39.3 Å². The predicted octanol–water partition coefficient (Wildman–Crippen LogP) is 2.47. The van der Waals surface area contributed by atoms with E-state index in [9.17, 15) is 4.79 Å². The van der Waals surface area contributed by atoms with Crippen molar-refractivity contribution < 1.29 is 4.79 Å². The van der Waals surface area contributed by atoms with Gasteiger partial charge in [0, 0.05) is 24.7 Å². The number of piperidine rings is 1. The van der Waals surface area contributed by atoms with E-state index in [1.165, 1.54) is 5.56 Å². The van der Waals surface area contributed by atoms with Crippen LogP contribution in [-0.4, -0.2) is 33.6 Å². The van der Waals surface area contributed by atoms with Gasteiger partial charge in [-0.1, -0.05) is 29.8 Å². The lowest BCUT2D eigenvalue weighted by Gasteiger charge is -2.36. The van der Waals surface area contributed by atoms with Crippen LogP contribution >= 0.6 is 0 Å². The zero-order chi connectivity index (χ0) is 16.4. The summed E-state index contributed by atoms with van der Waals surface area (Å²) in [5.41, 5.74) is 10.1. The first kappa shape index (κ1) is 15.7. The lowest BCUT2D eigenvalue weighted by Crippen LogP contribution is -2.45. The number of carbonyl (C=O) groups is 1. The van der Waals surface area contributed by atoms with E-state index in [4.69, 9.17) is 5.73 Å². The molecule has 1 aliphatic heterocycles. The van der Waals surface area contributed by atoms with Gasteiger partial charge in [0.05, 0.1) is 17.8 Å². The average Bonchev–Trinajstić information content (AvgIpc) is 2.98. The molecule has 1 fully saturated rings. The summed E-state index contributed by atoms with van der Waals surface area (Å²) in [6.45, 7) is 5.81.